The van der Waals surface area contributed by atoms with Gasteiger partial charge in [0.25, 0.3) is 5.91 Å². The van der Waals surface area contributed by atoms with Crippen molar-refractivity contribution in [1.29, 1.82) is 0 Å². The van der Waals surface area contributed by atoms with Gasteiger partial charge in [0.05, 0.1) is 19.4 Å². The number of hydrogen-bond donors (Lipinski definition) is 1. The summed E-state index contributed by atoms with van der Waals surface area (Å²) < 4.78 is 5.46. The zero-order valence-electron chi connectivity index (χ0n) is 15.5. The van der Waals surface area contributed by atoms with Crippen LogP contribution in [0.3, 0.4) is 0 Å². The summed E-state index contributed by atoms with van der Waals surface area (Å²) in [5, 5.41) is 3.99. The van der Waals surface area contributed by atoms with Gasteiger partial charge in [-0.1, -0.05) is 44.2 Å². The molecule has 1 amide bonds. The van der Waals surface area contributed by atoms with Gasteiger partial charge in [-0.3, -0.25) is 9.69 Å². The number of thiazole rings is 1. The van der Waals surface area contributed by atoms with Gasteiger partial charge in [0, 0.05) is 31.2 Å². The van der Waals surface area contributed by atoms with Gasteiger partial charge in [0.15, 0.2) is 0 Å². The van der Waals surface area contributed by atoms with Crippen LogP contribution in [-0.4, -0.2) is 54.7 Å². The Balaban J connectivity index is 1.60. The Morgan fingerprint density at radius 3 is 2.69 bits per heavy atom. The summed E-state index contributed by atoms with van der Waals surface area (Å²) in [4.78, 5) is 20.1. The minimum Gasteiger partial charge on any atom is -0.379 e. The zero-order chi connectivity index (χ0) is 18.4. The van der Waals surface area contributed by atoms with Crippen molar-refractivity contribution in [2.75, 3.05) is 32.8 Å². The maximum Gasteiger partial charge on any atom is 0.263 e. The fourth-order valence-electron chi connectivity index (χ4n) is 3.24. The van der Waals surface area contributed by atoms with Crippen molar-refractivity contribution in [2.45, 2.75) is 26.3 Å². The fourth-order valence-corrected chi connectivity index (χ4v) is 4.08. The van der Waals surface area contributed by atoms with E-state index in [1.165, 1.54) is 11.3 Å². The van der Waals surface area contributed by atoms with Gasteiger partial charge in [-0.25, -0.2) is 4.98 Å². The van der Waals surface area contributed by atoms with E-state index in [-0.39, 0.29) is 5.91 Å². The van der Waals surface area contributed by atoms with Crippen LogP contribution < -0.4 is 5.32 Å². The molecule has 2 aromatic rings. The molecule has 26 heavy (non-hydrogen) atoms. The summed E-state index contributed by atoms with van der Waals surface area (Å²) in [7, 11) is 0. The molecular weight excluding hydrogens is 346 g/mol. The standard InChI is InChI=1S/C20H27N3O2S/c1-15(2)12-17(23-8-10-25-11-9-23)13-21-19(24)18-14-22-20(26-18)16-6-4-3-5-7-16/h3-7,14-15,17H,8-13H2,1-2H3,(H,21,24). The van der Waals surface area contributed by atoms with Crippen LogP contribution in [0.1, 0.15) is 29.9 Å². The van der Waals surface area contributed by atoms with Crippen LogP contribution >= 0.6 is 11.3 Å². The molecule has 1 aromatic heterocycles. The Morgan fingerprint density at radius 2 is 2.00 bits per heavy atom. The summed E-state index contributed by atoms with van der Waals surface area (Å²) in [6, 6.07) is 10.3. The first-order valence-electron chi connectivity index (χ1n) is 9.24. The molecule has 3 rings (SSSR count). The summed E-state index contributed by atoms with van der Waals surface area (Å²) in [5.74, 6) is 0.555. The number of carbonyl (C=O) groups is 1. The largest absolute Gasteiger partial charge is 0.379 e. The second kappa shape index (κ2) is 9.26. The third-order valence-electron chi connectivity index (χ3n) is 4.55. The van der Waals surface area contributed by atoms with Gasteiger partial charge in [0.2, 0.25) is 0 Å². The molecule has 1 N–H and O–H groups in total. The summed E-state index contributed by atoms with van der Waals surface area (Å²) >= 11 is 1.44. The van der Waals surface area contributed by atoms with Crippen molar-refractivity contribution in [2.24, 2.45) is 5.92 Å². The number of carbonyl (C=O) groups excluding carboxylic acids is 1. The highest BCUT2D eigenvalue weighted by Gasteiger charge is 2.23. The molecule has 2 heterocycles. The smallest absolute Gasteiger partial charge is 0.263 e. The Hall–Kier alpha value is -1.76. The highest BCUT2D eigenvalue weighted by atomic mass is 32.1. The van der Waals surface area contributed by atoms with E-state index in [4.69, 9.17) is 4.74 Å². The summed E-state index contributed by atoms with van der Waals surface area (Å²) in [5.41, 5.74) is 1.04. The first-order valence-corrected chi connectivity index (χ1v) is 10.1. The van der Waals surface area contributed by atoms with E-state index < -0.39 is 0 Å². The van der Waals surface area contributed by atoms with Crippen molar-refractivity contribution < 1.29 is 9.53 Å². The maximum absolute atomic E-state index is 12.6. The minimum atomic E-state index is -0.0355. The molecule has 140 valence electrons. The Kier molecular flexibility index (Phi) is 6.77. The van der Waals surface area contributed by atoms with E-state index in [1.807, 2.05) is 30.3 Å². The number of benzene rings is 1. The average molecular weight is 374 g/mol. The number of nitrogens with one attached hydrogen (secondary N) is 1. The summed E-state index contributed by atoms with van der Waals surface area (Å²) in [6.07, 6.45) is 2.74. The van der Waals surface area contributed by atoms with Gasteiger partial charge >= 0.3 is 0 Å². The number of amides is 1. The minimum absolute atomic E-state index is 0.0355. The van der Waals surface area contributed by atoms with Crippen molar-refractivity contribution in [3.05, 3.63) is 41.4 Å². The number of rotatable bonds is 7. The van der Waals surface area contributed by atoms with Crippen LogP contribution in [0.2, 0.25) is 0 Å². The topological polar surface area (TPSA) is 54.5 Å². The number of aromatic nitrogens is 1. The molecule has 0 spiro atoms. The number of morpholine rings is 1. The highest BCUT2D eigenvalue weighted by Crippen LogP contribution is 2.24. The quantitative estimate of drug-likeness (QED) is 0.809. The molecule has 1 saturated heterocycles. The predicted molar refractivity (Wildman–Crippen MR) is 106 cm³/mol. The van der Waals surface area contributed by atoms with Gasteiger partial charge < -0.3 is 10.1 Å². The van der Waals surface area contributed by atoms with E-state index >= 15 is 0 Å². The van der Waals surface area contributed by atoms with E-state index in [9.17, 15) is 4.79 Å². The van der Waals surface area contributed by atoms with E-state index in [1.54, 1.807) is 6.20 Å². The SMILES string of the molecule is CC(C)CC(CNC(=O)c1cnc(-c2ccccc2)s1)N1CCOCC1. The summed E-state index contributed by atoms with van der Waals surface area (Å²) in [6.45, 7) is 8.54. The van der Waals surface area contributed by atoms with Gasteiger partial charge in [-0.05, 0) is 12.3 Å². The Morgan fingerprint density at radius 1 is 1.27 bits per heavy atom. The molecule has 1 fully saturated rings. The molecule has 0 saturated carbocycles. The molecule has 0 bridgehead atoms. The van der Waals surface area contributed by atoms with Gasteiger partial charge in [-0.2, -0.15) is 0 Å². The van der Waals surface area contributed by atoms with Crippen LogP contribution in [0.25, 0.3) is 10.6 Å². The lowest BCUT2D eigenvalue weighted by atomic mass is 10.0. The van der Waals surface area contributed by atoms with Crippen LogP contribution in [0, 0.1) is 5.92 Å². The third-order valence-corrected chi connectivity index (χ3v) is 5.60. The molecule has 6 heteroatoms. The van der Waals surface area contributed by atoms with Gasteiger partial charge in [0.1, 0.15) is 9.88 Å². The number of nitrogens with zero attached hydrogens (tertiary/aromatic N) is 2. The van der Waals surface area contributed by atoms with Crippen molar-refractivity contribution in [3.8, 4) is 10.6 Å². The van der Waals surface area contributed by atoms with E-state index in [0.717, 1.165) is 43.3 Å². The molecule has 1 unspecified atom stereocenters. The van der Waals surface area contributed by atoms with Crippen LogP contribution in [0.15, 0.2) is 36.5 Å². The predicted octanol–water partition coefficient (Wildman–Crippen LogP) is 3.29. The lowest BCUT2D eigenvalue weighted by Crippen LogP contribution is -2.49. The average Bonchev–Trinajstić information content (AvgIpc) is 3.16. The maximum atomic E-state index is 12.6. The third kappa shape index (κ3) is 5.13. The van der Waals surface area contributed by atoms with Crippen molar-refractivity contribution in [3.63, 3.8) is 0 Å². The second-order valence-electron chi connectivity index (χ2n) is 7.04. The normalized spacial score (nSPS) is 16.6. The first kappa shape index (κ1) is 19.0. The Labute approximate surface area is 159 Å². The highest BCUT2D eigenvalue weighted by molar-refractivity contribution is 7.16. The molecule has 0 aliphatic carbocycles. The second-order valence-corrected chi connectivity index (χ2v) is 8.07. The van der Waals surface area contributed by atoms with Crippen molar-refractivity contribution in [1.82, 2.24) is 15.2 Å². The Bertz CT molecular complexity index is 696. The van der Waals surface area contributed by atoms with Crippen LogP contribution in [0.4, 0.5) is 0 Å². The molecule has 1 aliphatic rings. The van der Waals surface area contributed by atoms with E-state index in [0.29, 0.717) is 23.4 Å². The molecule has 1 atom stereocenters. The number of hydrogen-bond acceptors (Lipinski definition) is 5. The fraction of sp³-hybridized carbons (Fsp3) is 0.500. The van der Waals surface area contributed by atoms with Crippen LogP contribution in [0.5, 0.6) is 0 Å². The molecule has 1 aromatic carbocycles. The van der Waals surface area contributed by atoms with Crippen LogP contribution in [-0.2, 0) is 4.74 Å². The first-order chi connectivity index (χ1) is 12.6. The lowest BCUT2D eigenvalue weighted by molar-refractivity contribution is 0.0125. The molecule has 1 aliphatic heterocycles. The molecular formula is C20H27N3O2S. The molecule has 0 radical (unpaired) electrons. The monoisotopic (exact) mass is 373 g/mol. The van der Waals surface area contributed by atoms with Gasteiger partial charge in [-0.15, -0.1) is 11.3 Å². The zero-order valence-corrected chi connectivity index (χ0v) is 16.3. The number of ether oxygens (including phenoxy) is 1. The van der Waals surface area contributed by atoms with E-state index in [2.05, 4.69) is 29.0 Å². The lowest BCUT2D eigenvalue weighted by Gasteiger charge is -2.35. The van der Waals surface area contributed by atoms with Crippen molar-refractivity contribution >= 4 is 17.2 Å². The molecule has 5 nitrogen and oxygen atoms in total.